The molecule has 0 saturated carbocycles. The van der Waals surface area contributed by atoms with Crippen molar-refractivity contribution >= 4 is 56.6 Å². The maximum atomic E-state index is 12.8. The lowest BCUT2D eigenvalue weighted by atomic mass is 10.2. The van der Waals surface area contributed by atoms with E-state index in [9.17, 15) is 9.59 Å². The Morgan fingerprint density at radius 2 is 2.04 bits per heavy atom. The fourth-order valence-electron chi connectivity index (χ4n) is 2.30. The molecule has 27 heavy (non-hydrogen) atoms. The number of hydrogen-bond acceptors (Lipinski definition) is 7. The number of rotatable bonds is 11. The molecule has 1 aromatic heterocycles. The second kappa shape index (κ2) is 13.1. The van der Waals surface area contributed by atoms with Crippen LogP contribution in [0.3, 0.4) is 0 Å². The number of unbranched alkanes of at least 4 members (excludes halogenated alkanes) is 1. The molecule has 0 fully saturated rings. The molecule has 1 amide bonds. The third kappa shape index (κ3) is 8.57. The van der Waals surface area contributed by atoms with Gasteiger partial charge in [-0.1, -0.05) is 43.7 Å². The van der Waals surface area contributed by atoms with Crippen LogP contribution >= 0.6 is 35.3 Å². The van der Waals surface area contributed by atoms with Gasteiger partial charge in [-0.15, -0.1) is 11.3 Å². The molecule has 1 atom stereocenters. The summed E-state index contributed by atoms with van der Waals surface area (Å²) < 4.78 is 5.67. The van der Waals surface area contributed by atoms with Gasteiger partial charge in [-0.05, 0) is 27.2 Å². The molecule has 0 saturated heterocycles. The van der Waals surface area contributed by atoms with Crippen LogP contribution in [0, 0.1) is 0 Å². The van der Waals surface area contributed by atoms with Crippen molar-refractivity contribution in [3.05, 3.63) is 11.1 Å². The van der Waals surface area contributed by atoms with Crippen molar-refractivity contribution in [2.24, 2.45) is 0 Å². The number of aromatic nitrogens is 1. The SMILES string of the molecule is CCCCC(SC(=S)N(CC)CC)C(=O)Nc1nc(CC(=O)OCC)cs1. The molecule has 1 rings (SSSR count). The predicted octanol–water partition coefficient (Wildman–Crippen LogP) is 4.11. The predicted molar refractivity (Wildman–Crippen MR) is 118 cm³/mol. The highest BCUT2D eigenvalue weighted by Crippen LogP contribution is 2.24. The number of thiazole rings is 1. The molecule has 0 aliphatic rings. The molecule has 0 bridgehead atoms. The van der Waals surface area contributed by atoms with E-state index in [0.717, 1.165) is 36.7 Å². The summed E-state index contributed by atoms with van der Waals surface area (Å²) in [5.41, 5.74) is 0.602. The van der Waals surface area contributed by atoms with Gasteiger partial charge in [-0.3, -0.25) is 9.59 Å². The van der Waals surface area contributed by atoms with Crippen molar-refractivity contribution in [2.45, 2.75) is 58.6 Å². The van der Waals surface area contributed by atoms with Crippen molar-refractivity contribution < 1.29 is 14.3 Å². The zero-order valence-electron chi connectivity index (χ0n) is 16.4. The lowest BCUT2D eigenvalue weighted by molar-refractivity contribution is -0.142. The van der Waals surface area contributed by atoms with Crippen molar-refractivity contribution in [3.63, 3.8) is 0 Å². The Balaban J connectivity index is 2.71. The maximum Gasteiger partial charge on any atom is 0.311 e. The molecule has 0 spiro atoms. The molecular weight excluding hydrogens is 402 g/mol. The summed E-state index contributed by atoms with van der Waals surface area (Å²) >= 11 is 8.26. The zero-order chi connectivity index (χ0) is 20.2. The van der Waals surface area contributed by atoms with Crippen LogP contribution in [0.1, 0.15) is 52.7 Å². The Bertz CT molecular complexity index is 618. The van der Waals surface area contributed by atoms with E-state index in [1.54, 1.807) is 12.3 Å². The van der Waals surface area contributed by atoms with Gasteiger partial charge >= 0.3 is 5.97 Å². The van der Waals surface area contributed by atoms with Crippen LogP contribution in [0.25, 0.3) is 0 Å². The van der Waals surface area contributed by atoms with E-state index in [2.05, 4.69) is 36.0 Å². The first-order chi connectivity index (χ1) is 12.9. The van der Waals surface area contributed by atoms with E-state index in [4.69, 9.17) is 17.0 Å². The van der Waals surface area contributed by atoms with E-state index in [1.165, 1.54) is 23.1 Å². The van der Waals surface area contributed by atoms with Gasteiger partial charge < -0.3 is 15.0 Å². The highest BCUT2D eigenvalue weighted by molar-refractivity contribution is 8.23. The monoisotopic (exact) mass is 431 g/mol. The first-order valence-corrected chi connectivity index (χ1v) is 11.5. The Labute approximate surface area is 175 Å². The lowest BCUT2D eigenvalue weighted by Gasteiger charge is -2.24. The van der Waals surface area contributed by atoms with Crippen LogP contribution < -0.4 is 5.32 Å². The van der Waals surface area contributed by atoms with E-state index < -0.39 is 0 Å². The average Bonchev–Trinajstić information content (AvgIpc) is 3.06. The van der Waals surface area contributed by atoms with Crippen molar-refractivity contribution in [1.29, 1.82) is 0 Å². The number of amides is 1. The van der Waals surface area contributed by atoms with E-state index >= 15 is 0 Å². The zero-order valence-corrected chi connectivity index (χ0v) is 18.9. The van der Waals surface area contributed by atoms with Crippen LogP contribution in [-0.4, -0.2) is 51.0 Å². The molecule has 1 N–H and O–H groups in total. The Kier molecular flexibility index (Phi) is 11.5. The fraction of sp³-hybridized carbons (Fsp3) is 0.667. The minimum atomic E-state index is -0.318. The van der Waals surface area contributed by atoms with Crippen LogP contribution in [0.4, 0.5) is 5.13 Å². The van der Waals surface area contributed by atoms with E-state index in [-0.39, 0.29) is 23.5 Å². The molecule has 152 valence electrons. The normalized spacial score (nSPS) is 11.7. The van der Waals surface area contributed by atoms with Crippen LogP contribution in [0.15, 0.2) is 5.38 Å². The number of carbonyl (C=O) groups is 2. The molecule has 1 unspecified atom stereocenters. The highest BCUT2D eigenvalue weighted by Gasteiger charge is 2.23. The number of nitrogens with one attached hydrogen (secondary N) is 1. The van der Waals surface area contributed by atoms with Gasteiger partial charge in [0.25, 0.3) is 0 Å². The van der Waals surface area contributed by atoms with Crippen LogP contribution in [0.5, 0.6) is 0 Å². The Hall–Kier alpha value is -1.19. The molecule has 9 heteroatoms. The first kappa shape index (κ1) is 23.8. The lowest BCUT2D eigenvalue weighted by Crippen LogP contribution is -2.32. The summed E-state index contributed by atoms with van der Waals surface area (Å²) in [6.07, 6.45) is 2.84. The molecule has 1 aromatic rings. The summed E-state index contributed by atoms with van der Waals surface area (Å²) in [5.74, 6) is -0.415. The van der Waals surface area contributed by atoms with Crippen molar-refractivity contribution in [3.8, 4) is 0 Å². The van der Waals surface area contributed by atoms with Gasteiger partial charge in [-0.2, -0.15) is 0 Å². The second-order valence-electron chi connectivity index (χ2n) is 5.80. The topological polar surface area (TPSA) is 71.5 Å². The smallest absolute Gasteiger partial charge is 0.311 e. The quantitative estimate of drug-likeness (QED) is 0.418. The Morgan fingerprint density at radius 1 is 1.33 bits per heavy atom. The second-order valence-corrected chi connectivity index (χ2v) is 8.50. The maximum absolute atomic E-state index is 12.8. The number of esters is 1. The van der Waals surface area contributed by atoms with Gasteiger partial charge in [0.1, 0.15) is 4.32 Å². The molecule has 0 aliphatic carbocycles. The largest absolute Gasteiger partial charge is 0.466 e. The van der Waals surface area contributed by atoms with Gasteiger partial charge in [-0.25, -0.2) is 4.98 Å². The number of ether oxygens (including phenoxy) is 1. The molecule has 0 aliphatic heterocycles. The molecule has 1 heterocycles. The van der Waals surface area contributed by atoms with Gasteiger partial charge in [0.05, 0.1) is 24.0 Å². The van der Waals surface area contributed by atoms with Crippen LogP contribution in [0.2, 0.25) is 0 Å². The van der Waals surface area contributed by atoms with E-state index in [0.29, 0.717) is 17.4 Å². The summed E-state index contributed by atoms with van der Waals surface area (Å²) in [6, 6.07) is 0. The third-order valence-electron chi connectivity index (χ3n) is 3.79. The average molecular weight is 432 g/mol. The summed E-state index contributed by atoms with van der Waals surface area (Å²) in [6.45, 7) is 9.97. The number of hydrogen-bond donors (Lipinski definition) is 1. The summed E-state index contributed by atoms with van der Waals surface area (Å²) in [7, 11) is 0. The number of anilines is 1. The van der Waals surface area contributed by atoms with Crippen molar-refractivity contribution in [1.82, 2.24) is 9.88 Å². The number of nitrogens with zero attached hydrogens (tertiary/aromatic N) is 2. The van der Waals surface area contributed by atoms with Gasteiger partial charge in [0, 0.05) is 18.5 Å². The van der Waals surface area contributed by atoms with Gasteiger partial charge in [0.15, 0.2) is 5.13 Å². The number of thioether (sulfide) groups is 1. The fourth-order valence-corrected chi connectivity index (χ4v) is 4.72. The number of carbonyl (C=O) groups excluding carboxylic acids is 2. The van der Waals surface area contributed by atoms with Gasteiger partial charge in [0.2, 0.25) is 5.91 Å². The van der Waals surface area contributed by atoms with Crippen molar-refractivity contribution in [2.75, 3.05) is 25.0 Å². The molecule has 0 aromatic carbocycles. The molecule has 0 radical (unpaired) electrons. The Morgan fingerprint density at radius 3 is 2.63 bits per heavy atom. The summed E-state index contributed by atoms with van der Waals surface area (Å²) in [5, 5.41) is 4.88. The highest BCUT2D eigenvalue weighted by atomic mass is 32.2. The molecule has 6 nitrogen and oxygen atoms in total. The third-order valence-corrected chi connectivity index (χ3v) is 6.34. The standard InChI is InChI=1S/C18H29N3O3S3/c1-5-9-10-14(27-18(25)21(6-2)7-3)16(23)20-17-19-13(12-26-17)11-15(22)24-8-4/h12,14H,5-11H2,1-4H3,(H,19,20,23). The minimum absolute atomic E-state index is 0.0972. The summed E-state index contributed by atoms with van der Waals surface area (Å²) in [4.78, 5) is 30.7. The first-order valence-electron chi connectivity index (χ1n) is 9.31. The molecular formula is C18H29N3O3S3. The van der Waals surface area contributed by atoms with E-state index in [1.807, 2.05) is 0 Å². The minimum Gasteiger partial charge on any atom is -0.466 e. The van der Waals surface area contributed by atoms with Crippen LogP contribution in [-0.2, 0) is 20.7 Å². The number of thiocarbonyl (C=S) groups is 1.